The van der Waals surface area contributed by atoms with Gasteiger partial charge in [0.25, 0.3) is 0 Å². The van der Waals surface area contributed by atoms with E-state index in [4.69, 9.17) is 14.2 Å². The maximum atomic E-state index is 10.1. The van der Waals surface area contributed by atoms with Gasteiger partial charge in [0, 0.05) is 13.7 Å². The normalized spacial score (nSPS) is 13.5. The van der Waals surface area contributed by atoms with Crippen LogP contribution in [0.15, 0.2) is 24.3 Å². The molecular weight excluding hydrogens is 268 g/mol. The molecule has 0 aliphatic rings. The molecule has 0 aliphatic heterocycles. The molecule has 1 aromatic carbocycles. The lowest BCUT2D eigenvalue weighted by molar-refractivity contribution is -0.0249. The second kappa shape index (κ2) is 8.37. The van der Waals surface area contributed by atoms with E-state index in [1.165, 1.54) is 0 Å². The van der Waals surface area contributed by atoms with Gasteiger partial charge in [-0.2, -0.15) is 0 Å². The molecule has 4 heteroatoms. The van der Waals surface area contributed by atoms with E-state index in [1.807, 2.05) is 52.0 Å². The SMILES string of the molecule is COC(C)(C)CCOCC(O)c1ccc(OC(C)C)cc1. The molecule has 0 saturated heterocycles. The Kier molecular flexibility index (Phi) is 7.15. The number of aliphatic hydroxyl groups is 1. The van der Waals surface area contributed by atoms with Crippen molar-refractivity contribution in [2.45, 2.75) is 51.9 Å². The highest BCUT2D eigenvalue weighted by molar-refractivity contribution is 5.28. The predicted octanol–water partition coefficient (Wildman–Crippen LogP) is 3.34. The van der Waals surface area contributed by atoms with Crippen molar-refractivity contribution in [3.05, 3.63) is 29.8 Å². The van der Waals surface area contributed by atoms with Crippen molar-refractivity contribution >= 4 is 0 Å². The average Bonchev–Trinajstić information content (AvgIpc) is 2.43. The maximum Gasteiger partial charge on any atom is 0.119 e. The Balaban J connectivity index is 2.36. The molecule has 1 atom stereocenters. The van der Waals surface area contributed by atoms with Gasteiger partial charge in [-0.3, -0.25) is 0 Å². The van der Waals surface area contributed by atoms with Crippen LogP contribution in [-0.2, 0) is 9.47 Å². The van der Waals surface area contributed by atoms with Gasteiger partial charge in [0.15, 0.2) is 0 Å². The quantitative estimate of drug-likeness (QED) is 0.710. The van der Waals surface area contributed by atoms with Crippen LogP contribution in [0.1, 0.15) is 45.8 Å². The molecule has 0 amide bonds. The van der Waals surface area contributed by atoms with E-state index >= 15 is 0 Å². The fraction of sp³-hybridized carbons (Fsp3) is 0.647. The second-order valence-corrected chi connectivity index (χ2v) is 6.04. The third kappa shape index (κ3) is 6.93. The van der Waals surface area contributed by atoms with Gasteiger partial charge < -0.3 is 19.3 Å². The van der Waals surface area contributed by atoms with Crippen LogP contribution >= 0.6 is 0 Å². The molecule has 1 rings (SSSR count). The zero-order chi connectivity index (χ0) is 15.9. The van der Waals surface area contributed by atoms with E-state index in [-0.39, 0.29) is 18.3 Å². The van der Waals surface area contributed by atoms with Crippen molar-refractivity contribution in [2.24, 2.45) is 0 Å². The Morgan fingerprint density at radius 3 is 2.29 bits per heavy atom. The van der Waals surface area contributed by atoms with Crippen LogP contribution in [0.25, 0.3) is 0 Å². The molecule has 0 aliphatic carbocycles. The van der Waals surface area contributed by atoms with Crippen molar-refractivity contribution in [3.8, 4) is 5.75 Å². The third-order valence-electron chi connectivity index (χ3n) is 3.31. The minimum absolute atomic E-state index is 0.147. The Hall–Kier alpha value is -1.10. The summed E-state index contributed by atoms with van der Waals surface area (Å²) in [6.07, 6.45) is 0.314. The first kappa shape index (κ1) is 18.0. The van der Waals surface area contributed by atoms with Crippen molar-refractivity contribution in [2.75, 3.05) is 20.3 Å². The topological polar surface area (TPSA) is 47.9 Å². The molecule has 1 aromatic rings. The standard InChI is InChI=1S/C17H28O4/c1-13(2)21-15-8-6-14(7-9-15)16(18)12-20-11-10-17(3,4)19-5/h6-9,13,16,18H,10-12H2,1-5H3. The lowest BCUT2D eigenvalue weighted by Crippen LogP contribution is -2.25. The molecule has 0 spiro atoms. The predicted molar refractivity (Wildman–Crippen MR) is 83.7 cm³/mol. The number of methoxy groups -OCH3 is 1. The first-order chi connectivity index (χ1) is 9.84. The monoisotopic (exact) mass is 296 g/mol. The van der Waals surface area contributed by atoms with Crippen LogP contribution in [0.2, 0.25) is 0 Å². The van der Waals surface area contributed by atoms with Gasteiger partial charge >= 0.3 is 0 Å². The van der Waals surface area contributed by atoms with E-state index in [2.05, 4.69) is 0 Å². The van der Waals surface area contributed by atoms with Gasteiger partial charge in [-0.25, -0.2) is 0 Å². The zero-order valence-corrected chi connectivity index (χ0v) is 13.8. The molecule has 1 N–H and O–H groups in total. The highest BCUT2D eigenvalue weighted by atomic mass is 16.5. The van der Waals surface area contributed by atoms with Crippen LogP contribution < -0.4 is 4.74 Å². The van der Waals surface area contributed by atoms with Crippen LogP contribution in [-0.4, -0.2) is 37.1 Å². The molecule has 0 heterocycles. The Morgan fingerprint density at radius 2 is 1.76 bits per heavy atom. The second-order valence-electron chi connectivity index (χ2n) is 6.04. The molecule has 0 aromatic heterocycles. The van der Waals surface area contributed by atoms with Crippen molar-refractivity contribution < 1.29 is 19.3 Å². The number of hydrogen-bond donors (Lipinski definition) is 1. The summed E-state index contributed by atoms with van der Waals surface area (Å²) in [5.41, 5.74) is 0.637. The Morgan fingerprint density at radius 1 is 1.14 bits per heavy atom. The van der Waals surface area contributed by atoms with Crippen LogP contribution in [0, 0.1) is 0 Å². The van der Waals surface area contributed by atoms with Gasteiger partial charge in [-0.05, 0) is 51.8 Å². The largest absolute Gasteiger partial charge is 0.491 e. The van der Waals surface area contributed by atoms with Gasteiger partial charge in [-0.15, -0.1) is 0 Å². The number of aliphatic hydroxyl groups excluding tert-OH is 1. The number of hydrogen-bond acceptors (Lipinski definition) is 4. The van der Waals surface area contributed by atoms with E-state index in [9.17, 15) is 5.11 Å². The summed E-state index contributed by atoms with van der Waals surface area (Å²) in [4.78, 5) is 0. The van der Waals surface area contributed by atoms with Crippen molar-refractivity contribution in [3.63, 3.8) is 0 Å². The molecule has 4 nitrogen and oxygen atoms in total. The van der Waals surface area contributed by atoms with Gasteiger partial charge in [0.2, 0.25) is 0 Å². The summed E-state index contributed by atoms with van der Waals surface area (Å²) in [6, 6.07) is 7.47. The van der Waals surface area contributed by atoms with E-state index in [0.29, 0.717) is 6.61 Å². The molecule has 0 fully saturated rings. The molecular formula is C17H28O4. The van der Waals surface area contributed by atoms with E-state index in [0.717, 1.165) is 17.7 Å². The van der Waals surface area contributed by atoms with Crippen LogP contribution in [0.3, 0.4) is 0 Å². The summed E-state index contributed by atoms with van der Waals surface area (Å²) in [5.74, 6) is 0.809. The maximum absolute atomic E-state index is 10.1. The van der Waals surface area contributed by atoms with Crippen LogP contribution in [0.4, 0.5) is 0 Å². The third-order valence-corrected chi connectivity index (χ3v) is 3.31. The van der Waals surface area contributed by atoms with E-state index in [1.54, 1.807) is 7.11 Å². The lowest BCUT2D eigenvalue weighted by atomic mass is 10.1. The minimum Gasteiger partial charge on any atom is -0.491 e. The summed E-state index contributed by atoms with van der Waals surface area (Å²) in [6.45, 7) is 8.84. The minimum atomic E-state index is -0.622. The summed E-state index contributed by atoms with van der Waals surface area (Å²) in [5, 5.41) is 10.1. The summed E-state index contributed by atoms with van der Waals surface area (Å²) in [7, 11) is 1.69. The summed E-state index contributed by atoms with van der Waals surface area (Å²) < 4.78 is 16.4. The molecule has 0 saturated carbocycles. The summed E-state index contributed by atoms with van der Waals surface area (Å²) >= 11 is 0. The smallest absolute Gasteiger partial charge is 0.119 e. The van der Waals surface area contributed by atoms with Crippen molar-refractivity contribution in [1.82, 2.24) is 0 Å². The van der Waals surface area contributed by atoms with E-state index < -0.39 is 6.10 Å². The molecule has 0 bridgehead atoms. The highest BCUT2D eigenvalue weighted by Crippen LogP contribution is 2.19. The Labute approximate surface area is 128 Å². The highest BCUT2D eigenvalue weighted by Gasteiger charge is 2.16. The average molecular weight is 296 g/mol. The van der Waals surface area contributed by atoms with Crippen LogP contribution in [0.5, 0.6) is 5.75 Å². The van der Waals surface area contributed by atoms with Gasteiger partial charge in [0.05, 0.1) is 18.3 Å². The van der Waals surface area contributed by atoms with Gasteiger partial charge in [-0.1, -0.05) is 12.1 Å². The Bertz CT molecular complexity index is 398. The van der Waals surface area contributed by atoms with Gasteiger partial charge in [0.1, 0.15) is 11.9 Å². The first-order valence-corrected chi connectivity index (χ1v) is 7.41. The lowest BCUT2D eigenvalue weighted by Gasteiger charge is -2.23. The molecule has 0 radical (unpaired) electrons. The number of ether oxygens (including phenoxy) is 3. The fourth-order valence-electron chi connectivity index (χ4n) is 1.75. The molecule has 1 unspecified atom stereocenters. The fourth-order valence-corrected chi connectivity index (χ4v) is 1.75. The number of benzene rings is 1. The molecule has 21 heavy (non-hydrogen) atoms. The molecule has 120 valence electrons. The number of rotatable bonds is 9. The zero-order valence-electron chi connectivity index (χ0n) is 13.8. The van der Waals surface area contributed by atoms with Crippen molar-refractivity contribution in [1.29, 1.82) is 0 Å². The first-order valence-electron chi connectivity index (χ1n) is 7.41.